The van der Waals surface area contributed by atoms with E-state index in [9.17, 15) is 4.79 Å². The van der Waals surface area contributed by atoms with Crippen molar-refractivity contribution >= 4 is 17.1 Å². The van der Waals surface area contributed by atoms with E-state index in [1.165, 1.54) is 0 Å². The molecule has 0 saturated carbocycles. The third-order valence-corrected chi connectivity index (χ3v) is 5.07. The van der Waals surface area contributed by atoms with E-state index in [4.69, 9.17) is 0 Å². The minimum Gasteiger partial charge on any atom is -0.336 e. The average Bonchev–Trinajstić information content (AvgIpc) is 3.47. The lowest BCUT2D eigenvalue weighted by Gasteiger charge is -2.17. The molecular weight excluding hydrogens is 340 g/mol. The molecule has 1 saturated heterocycles. The normalized spacial score (nSPS) is 16.9. The van der Waals surface area contributed by atoms with E-state index < -0.39 is 0 Å². The molecule has 0 aliphatic carbocycles. The highest BCUT2D eigenvalue weighted by molar-refractivity contribution is 5.96. The zero-order chi connectivity index (χ0) is 18.2. The fraction of sp³-hybridized carbons (Fsp3) is 0.200. The highest BCUT2D eigenvalue weighted by Gasteiger charge is 2.28. The molecule has 0 radical (unpaired) electrons. The number of fused-ring (bicyclic) bond motifs is 1. The van der Waals surface area contributed by atoms with Crippen LogP contribution in [0.2, 0.25) is 0 Å². The van der Waals surface area contributed by atoms with Crippen LogP contribution in [0.4, 0.5) is 0 Å². The van der Waals surface area contributed by atoms with Crippen LogP contribution in [0.1, 0.15) is 22.8 Å². The number of hydrogen-bond acceptors (Lipinski definition) is 4. The molecule has 4 heterocycles. The first-order valence-electron chi connectivity index (χ1n) is 8.95. The van der Waals surface area contributed by atoms with Crippen LogP contribution in [-0.2, 0) is 0 Å². The average molecular weight is 358 g/mol. The number of benzene rings is 1. The smallest absolute Gasteiger partial charge is 0.255 e. The summed E-state index contributed by atoms with van der Waals surface area (Å²) in [5.74, 6) is 0.00118. The van der Waals surface area contributed by atoms with E-state index in [1.807, 2.05) is 58.4 Å². The number of nitrogens with zero attached hydrogens (tertiary/aromatic N) is 6. The van der Waals surface area contributed by atoms with Gasteiger partial charge in [-0.1, -0.05) is 18.2 Å². The maximum absolute atomic E-state index is 12.9. The lowest BCUT2D eigenvalue weighted by molar-refractivity contribution is 0.0787. The van der Waals surface area contributed by atoms with Crippen LogP contribution < -0.4 is 0 Å². The van der Waals surface area contributed by atoms with E-state index in [0.29, 0.717) is 12.1 Å². The SMILES string of the molecule is O=C(c1cnc2c(c1)ncn2-c1ccccc1)N1CCC(n2ccnc2)C1. The summed E-state index contributed by atoms with van der Waals surface area (Å²) in [7, 11) is 0. The summed E-state index contributed by atoms with van der Waals surface area (Å²) in [6, 6.07) is 12.0. The van der Waals surface area contributed by atoms with Crippen molar-refractivity contribution < 1.29 is 4.79 Å². The Hall–Kier alpha value is -3.48. The van der Waals surface area contributed by atoms with E-state index in [0.717, 1.165) is 29.8 Å². The topological polar surface area (TPSA) is 68.8 Å². The van der Waals surface area contributed by atoms with Crippen molar-refractivity contribution in [1.29, 1.82) is 0 Å². The molecule has 7 nitrogen and oxygen atoms in total. The van der Waals surface area contributed by atoms with Crippen molar-refractivity contribution in [3.05, 3.63) is 73.2 Å². The first-order valence-corrected chi connectivity index (χ1v) is 8.95. The van der Waals surface area contributed by atoms with Crippen molar-refractivity contribution in [2.24, 2.45) is 0 Å². The summed E-state index contributed by atoms with van der Waals surface area (Å²) in [6.45, 7) is 1.42. The van der Waals surface area contributed by atoms with Crippen LogP contribution in [0.15, 0.2) is 67.6 Å². The van der Waals surface area contributed by atoms with E-state index in [2.05, 4.69) is 19.5 Å². The number of hydrogen-bond donors (Lipinski definition) is 0. The first kappa shape index (κ1) is 15.7. The van der Waals surface area contributed by atoms with E-state index in [-0.39, 0.29) is 11.9 Å². The molecule has 0 spiro atoms. The fourth-order valence-corrected chi connectivity index (χ4v) is 3.63. The second-order valence-corrected chi connectivity index (χ2v) is 6.72. The predicted octanol–water partition coefficient (Wildman–Crippen LogP) is 2.70. The predicted molar refractivity (Wildman–Crippen MR) is 101 cm³/mol. The molecule has 5 rings (SSSR count). The van der Waals surface area contributed by atoms with Crippen LogP contribution in [-0.4, -0.2) is 48.0 Å². The van der Waals surface area contributed by atoms with Gasteiger partial charge in [0.2, 0.25) is 0 Å². The van der Waals surface area contributed by atoms with Gasteiger partial charge in [0, 0.05) is 37.4 Å². The van der Waals surface area contributed by atoms with Gasteiger partial charge in [0.25, 0.3) is 5.91 Å². The van der Waals surface area contributed by atoms with E-state index >= 15 is 0 Å². The zero-order valence-electron chi connectivity index (χ0n) is 14.6. The molecule has 1 aliphatic rings. The van der Waals surface area contributed by atoms with Crippen LogP contribution in [0.25, 0.3) is 16.9 Å². The van der Waals surface area contributed by atoms with Crippen molar-refractivity contribution in [2.45, 2.75) is 12.5 Å². The molecule has 134 valence electrons. The number of amides is 1. The van der Waals surface area contributed by atoms with E-state index in [1.54, 1.807) is 18.7 Å². The van der Waals surface area contributed by atoms with Crippen molar-refractivity contribution in [3.8, 4) is 5.69 Å². The Morgan fingerprint density at radius 1 is 1.11 bits per heavy atom. The quantitative estimate of drug-likeness (QED) is 0.565. The number of carbonyl (C=O) groups is 1. The monoisotopic (exact) mass is 358 g/mol. The lowest BCUT2D eigenvalue weighted by atomic mass is 10.2. The molecule has 7 heteroatoms. The maximum atomic E-state index is 12.9. The zero-order valence-corrected chi connectivity index (χ0v) is 14.6. The van der Waals surface area contributed by atoms with Gasteiger partial charge in [-0.05, 0) is 24.6 Å². The molecule has 3 aromatic heterocycles. The van der Waals surface area contributed by atoms with Gasteiger partial charge >= 0.3 is 0 Å². The summed E-state index contributed by atoms with van der Waals surface area (Å²) >= 11 is 0. The Morgan fingerprint density at radius 2 is 2.00 bits per heavy atom. The number of rotatable bonds is 3. The molecular formula is C20H18N6O. The number of pyridine rings is 1. The van der Waals surface area contributed by atoms with Crippen LogP contribution in [0.5, 0.6) is 0 Å². The van der Waals surface area contributed by atoms with Gasteiger partial charge in [-0.3, -0.25) is 9.36 Å². The number of carbonyl (C=O) groups excluding carboxylic acids is 1. The minimum atomic E-state index is 0.00118. The van der Waals surface area contributed by atoms with Crippen molar-refractivity contribution in [3.63, 3.8) is 0 Å². The van der Waals surface area contributed by atoms with Crippen LogP contribution >= 0.6 is 0 Å². The minimum absolute atomic E-state index is 0.00118. The molecule has 1 aliphatic heterocycles. The third-order valence-electron chi connectivity index (χ3n) is 5.07. The number of aromatic nitrogens is 5. The van der Waals surface area contributed by atoms with Gasteiger partial charge in [0.1, 0.15) is 11.8 Å². The number of likely N-dealkylation sites (tertiary alicyclic amines) is 1. The van der Waals surface area contributed by atoms with Crippen molar-refractivity contribution in [2.75, 3.05) is 13.1 Å². The second kappa shape index (κ2) is 6.35. The highest BCUT2D eigenvalue weighted by atomic mass is 16.2. The molecule has 4 aromatic rings. The first-order chi connectivity index (χ1) is 13.3. The molecule has 1 aromatic carbocycles. The van der Waals surface area contributed by atoms with Gasteiger partial charge in [-0.2, -0.15) is 0 Å². The second-order valence-electron chi connectivity index (χ2n) is 6.72. The molecule has 1 atom stereocenters. The Balaban J connectivity index is 1.40. The van der Waals surface area contributed by atoms with Crippen LogP contribution in [0, 0.1) is 0 Å². The third kappa shape index (κ3) is 2.77. The van der Waals surface area contributed by atoms with Gasteiger partial charge in [0.15, 0.2) is 5.65 Å². The molecule has 0 bridgehead atoms. The summed E-state index contributed by atoms with van der Waals surface area (Å²) in [5.41, 5.74) is 3.03. The fourth-order valence-electron chi connectivity index (χ4n) is 3.63. The molecule has 1 unspecified atom stereocenters. The largest absolute Gasteiger partial charge is 0.336 e. The van der Waals surface area contributed by atoms with Crippen LogP contribution in [0.3, 0.4) is 0 Å². The molecule has 27 heavy (non-hydrogen) atoms. The lowest BCUT2D eigenvalue weighted by Crippen LogP contribution is -2.29. The Bertz CT molecular complexity index is 1090. The molecule has 1 amide bonds. The number of para-hydroxylation sites is 1. The Labute approximate surface area is 155 Å². The summed E-state index contributed by atoms with van der Waals surface area (Å²) in [4.78, 5) is 27.8. The standard InChI is InChI=1S/C20H18N6O/c27-20(24-8-6-17(12-24)25-9-7-21-13-25)15-10-18-19(22-11-15)26(14-23-18)16-4-2-1-3-5-16/h1-5,7,9-11,13-14,17H,6,8,12H2. The van der Waals surface area contributed by atoms with Gasteiger partial charge in [-0.25, -0.2) is 15.0 Å². The summed E-state index contributed by atoms with van der Waals surface area (Å²) in [5, 5.41) is 0. The summed E-state index contributed by atoms with van der Waals surface area (Å²) in [6.07, 6.45) is 9.85. The Morgan fingerprint density at radius 3 is 2.81 bits per heavy atom. The highest BCUT2D eigenvalue weighted by Crippen LogP contribution is 2.24. The van der Waals surface area contributed by atoms with Gasteiger partial charge < -0.3 is 9.47 Å². The molecule has 1 fully saturated rings. The Kier molecular flexibility index (Phi) is 3.71. The number of imidazole rings is 2. The van der Waals surface area contributed by atoms with Gasteiger partial charge in [0.05, 0.1) is 17.9 Å². The van der Waals surface area contributed by atoms with Gasteiger partial charge in [-0.15, -0.1) is 0 Å². The maximum Gasteiger partial charge on any atom is 0.255 e. The molecule has 0 N–H and O–H groups in total. The van der Waals surface area contributed by atoms with Crippen molar-refractivity contribution in [1.82, 2.24) is 29.0 Å². The summed E-state index contributed by atoms with van der Waals surface area (Å²) < 4.78 is 3.99.